The molecule has 0 spiro atoms. The lowest BCUT2D eigenvalue weighted by atomic mass is 10.3. The smallest absolute Gasteiger partial charge is 0.276 e. The standard InChI is InChI=1S/C10H13N7O2/c11-15-10-7-8(17(18)19)6-9(14-10)12-3-5-16-4-1-2-13-16/h1-2,4,6-7H,3,5,11H2,(H2,12,14,15). The van der Waals surface area contributed by atoms with Crippen molar-refractivity contribution < 1.29 is 4.92 Å². The van der Waals surface area contributed by atoms with Crippen LogP contribution >= 0.6 is 0 Å². The topological polar surface area (TPSA) is 124 Å². The Balaban J connectivity index is 2.02. The van der Waals surface area contributed by atoms with Gasteiger partial charge in [-0.1, -0.05) is 0 Å². The summed E-state index contributed by atoms with van der Waals surface area (Å²) in [4.78, 5) is 14.3. The van der Waals surface area contributed by atoms with Crippen LogP contribution in [0, 0.1) is 10.1 Å². The summed E-state index contributed by atoms with van der Waals surface area (Å²) < 4.78 is 1.74. The molecule has 0 atom stereocenters. The molecule has 0 aliphatic rings. The van der Waals surface area contributed by atoms with E-state index in [1.165, 1.54) is 12.1 Å². The van der Waals surface area contributed by atoms with Gasteiger partial charge in [-0.25, -0.2) is 10.8 Å². The Bertz CT molecular complexity index is 555. The Hall–Kier alpha value is -2.68. The Morgan fingerprint density at radius 1 is 1.42 bits per heavy atom. The number of nitrogens with zero attached hydrogens (tertiary/aromatic N) is 4. The number of nitro groups is 1. The maximum absolute atomic E-state index is 10.7. The van der Waals surface area contributed by atoms with Crippen LogP contribution in [0.2, 0.25) is 0 Å². The molecule has 0 fully saturated rings. The fourth-order valence-electron chi connectivity index (χ4n) is 1.52. The van der Waals surface area contributed by atoms with E-state index in [1.807, 2.05) is 12.3 Å². The number of aromatic nitrogens is 3. The lowest BCUT2D eigenvalue weighted by Gasteiger charge is -2.07. The quantitative estimate of drug-likeness (QED) is 0.395. The number of anilines is 2. The second-order valence-corrected chi connectivity index (χ2v) is 3.69. The molecule has 0 amide bonds. The molecule has 19 heavy (non-hydrogen) atoms. The molecule has 2 aromatic heterocycles. The molecule has 2 rings (SSSR count). The van der Waals surface area contributed by atoms with E-state index in [4.69, 9.17) is 5.84 Å². The highest BCUT2D eigenvalue weighted by Gasteiger charge is 2.10. The summed E-state index contributed by atoms with van der Waals surface area (Å²) in [7, 11) is 0. The van der Waals surface area contributed by atoms with Crippen LogP contribution in [-0.4, -0.2) is 26.2 Å². The van der Waals surface area contributed by atoms with Crippen molar-refractivity contribution in [3.05, 3.63) is 40.7 Å². The number of nitrogen functional groups attached to an aromatic ring is 1. The maximum atomic E-state index is 10.7. The minimum atomic E-state index is -0.499. The molecule has 0 unspecified atom stereocenters. The van der Waals surface area contributed by atoms with Gasteiger partial charge in [-0.3, -0.25) is 14.8 Å². The van der Waals surface area contributed by atoms with E-state index < -0.39 is 4.92 Å². The first-order valence-corrected chi connectivity index (χ1v) is 5.53. The van der Waals surface area contributed by atoms with Crippen molar-refractivity contribution in [3.63, 3.8) is 0 Å². The summed E-state index contributed by atoms with van der Waals surface area (Å²) in [6.45, 7) is 1.17. The average Bonchev–Trinajstić information content (AvgIpc) is 2.91. The first-order valence-electron chi connectivity index (χ1n) is 5.53. The number of hydrazine groups is 1. The van der Waals surface area contributed by atoms with Gasteiger partial charge in [0.2, 0.25) is 0 Å². The predicted octanol–water partition coefficient (Wildman–Crippen LogP) is 0.584. The zero-order chi connectivity index (χ0) is 13.7. The van der Waals surface area contributed by atoms with Gasteiger partial charge in [-0.05, 0) is 6.07 Å². The molecule has 0 bridgehead atoms. The van der Waals surface area contributed by atoms with E-state index in [-0.39, 0.29) is 11.5 Å². The van der Waals surface area contributed by atoms with Crippen LogP contribution < -0.4 is 16.6 Å². The van der Waals surface area contributed by atoms with Gasteiger partial charge in [0.15, 0.2) is 0 Å². The third kappa shape index (κ3) is 3.39. The van der Waals surface area contributed by atoms with E-state index in [9.17, 15) is 10.1 Å². The number of rotatable bonds is 6. The molecule has 9 nitrogen and oxygen atoms in total. The lowest BCUT2D eigenvalue weighted by molar-refractivity contribution is -0.384. The van der Waals surface area contributed by atoms with Gasteiger partial charge in [0, 0.05) is 18.9 Å². The third-order valence-corrected chi connectivity index (χ3v) is 2.38. The molecular weight excluding hydrogens is 250 g/mol. The lowest BCUT2D eigenvalue weighted by Crippen LogP contribution is -2.14. The fraction of sp³-hybridized carbons (Fsp3) is 0.200. The fourth-order valence-corrected chi connectivity index (χ4v) is 1.52. The summed E-state index contributed by atoms with van der Waals surface area (Å²) in [6, 6.07) is 4.44. The molecule has 0 aromatic carbocycles. The number of hydrogen-bond acceptors (Lipinski definition) is 7. The van der Waals surface area contributed by atoms with Gasteiger partial charge in [-0.15, -0.1) is 0 Å². The molecule has 0 aliphatic heterocycles. The van der Waals surface area contributed by atoms with Gasteiger partial charge < -0.3 is 10.7 Å². The summed E-state index contributed by atoms with van der Waals surface area (Å²) in [5, 5.41) is 17.8. The van der Waals surface area contributed by atoms with Gasteiger partial charge in [-0.2, -0.15) is 5.10 Å². The highest BCUT2D eigenvalue weighted by atomic mass is 16.6. The van der Waals surface area contributed by atoms with Gasteiger partial charge in [0.05, 0.1) is 23.6 Å². The maximum Gasteiger partial charge on any atom is 0.276 e. The average molecular weight is 263 g/mol. The molecule has 2 aromatic rings. The molecule has 4 N–H and O–H groups in total. The second kappa shape index (κ2) is 5.78. The molecule has 0 aliphatic carbocycles. The van der Waals surface area contributed by atoms with E-state index in [0.717, 1.165) is 0 Å². The Labute approximate surface area is 108 Å². The van der Waals surface area contributed by atoms with Crippen molar-refractivity contribution in [2.24, 2.45) is 5.84 Å². The number of hydrogen-bond donors (Lipinski definition) is 3. The summed E-state index contributed by atoms with van der Waals surface area (Å²) in [6.07, 6.45) is 3.51. The van der Waals surface area contributed by atoms with Crippen molar-refractivity contribution in [3.8, 4) is 0 Å². The number of nitrogens with one attached hydrogen (secondary N) is 2. The SMILES string of the molecule is NNc1cc([N+](=O)[O-])cc(NCCn2cccn2)n1. The monoisotopic (exact) mass is 263 g/mol. The van der Waals surface area contributed by atoms with Crippen LogP contribution in [-0.2, 0) is 6.54 Å². The van der Waals surface area contributed by atoms with E-state index >= 15 is 0 Å². The molecule has 0 saturated heterocycles. The van der Waals surface area contributed by atoms with Gasteiger partial charge in [0.1, 0.15) is 11.6 Å². The summed E-state index contributed by atoms with van der Waals surface area (Å²) in [5.41, 5.74) is 2.21. The van der Waals surface area contributed by atoms with Crippen LogP contribution in [0.1, 0.15) is 0 Å². The summed E-state index contributed by atoms with van der Waals surface area (Å²) in [5.74, 6) is 5.83. The highest BCUT2D eigenvalue weighted by molar-refractivity contribution is 5.54. The van der Waals surface area contributed by atoms with Crippen molar-refractivity contribution in [1.29, 1.82) is 0 Å². The van der Waals surface area contributed by atoms with Crippen molar-refractivity contribution in [1.82, 2.24) is 14.8 Å². The number of pyridine rings is 1. The minimum Gasteiger partial charge on any atom is -0.368 e. The predicted molar refractivity (Wildman–Crippen MR) is 69.4 cm³/mol. The van der Waals surface area contributed by atoms with Crippen molar-refractivity contribution >= 4 is 17.3 Å². The van der Waals surface area contributed by atoms with Crippen molar-refractivity contribution in [2.75, 3.05) is 17.3 Å². The largest absolute Gasteiger partial charge is 0.368 e. The third-order valence-electron chi connectivity index (χ3n) is 2.38. The Morgan fingerprint density at radius 2 is 2.21 bits per heavy atom. The van der Waals surface area contributed by atoms with E-state index in [2.05, 4.69) is 20.8 Å². The van der Waals surface area contributed by atoms with Crippen LogP contribution in [0.3, 0.4) is 0 Å². The van der Waals surface area contributed by atoms with Crippen molar-refractivity contribution in [2.45, 2.75) is 6.54 Å². The zero-order valence-electron chi connectivity index (χ0n) is 9.98. The highest BCUT2D eigenvalue weighted by Crippen LogP contribution is 2.19. The van der Waals surface area contributed by atoms with Crippen LogP contribution in [0.25, 0.3) is 0 Å². The summed E-state index contributed by atoms with van der Waals surface area (Å²) >= 11 is 0. The molecule has 0 saturated carbocycles. The van der Waals surface area contributed by atoms with Crippen LogP contribution in [0.4, 0.5) is 17.3 Å². The van der Waals surface area contributed by atoms with E-state index in [1.54, 1.807) is 10.9 Å². The molecular formula is C10H13N7O2. The second-order valence-electron chi connectivity index (χ2n) is 3.69. The van der Waals surface area contributed by atoms with Gasteiger partial charge in [0.25, 0.3) is 5.69 Å². The van der Waals surface area contributed by atoms with Gasteiger partial charge >= 0.3 is 0 Å². The molecule has 9 heteroatoms. The Kier molecular flexibility index (Phi) is 3.88. The van der Waals surface area contributed by atoms with Crippen LogP contribution in [0.15, 0.2) is 30.6 Å². The molecule has 0 radical (unpaired) electrons. The van der Waals surface area contributed by atoms with Crippen LogP contribution in [0.5, 0.6) is 0 Å². The van der Waals surface area contributed by atoms with E-state index in [0.29, 0.717) is 18.9 Å². The Morgan fingerprint density at radius 3 is 2.84 bits per heavy atom. The minimum absolute atomic E-state index is 0.0791. The number of nitrogens with two attached hydrogens (primary N) is 1. The molecule has 100 valence electrons. The first-order chi connectivity index (χ1) is 9.19. The molecule has 2 heterocycles. The first kappa shape index (κ1) is 12.8. The zero-order valence-corrected chi connectivity index (χ0v) is 9.98. The normalized spacial score (nSPS) is 10.2.